The molecule has 1 aliphatic rings. The molecule has 0 saturated carbocycles. The maximum absolute atomic E-state index is 14.0. The number of rotatable bonds is 12. The molecule has 0 heterocycles. The van der Waals surface area contributed by atoms with E-state index in [-0.39, 0.29) is 28.8 Å². The summed E-state index contributed by atoms with van der Waals surface area (Å²) >= 11 is 0. The SMILES string of the molecule is CCC(C)C(Nc1ccc2c(cc1=O)C(NC(C)=O)CCc1cc(OC)c(OC)c(OC)c1-2)C(=O)Nc1cc(C(=O)NC)ccc1OC. The van der Waals surface area contributed by atoms with E-state index >= 15 is 0 Å². The highest BCUT2D eigenvalue weighted by atomic mass is 16.5. The highest BCUT2D eigenvalue weighted by Crippen LogP contribution is 2.50. The molecule has 48 heavy (non-hydrogen) atoms. The fourth-order valence-corrected chi connectivity index (χ4v) is 6.00. The Bertz CT molecular complexity index is 1760. The molecule has 4 N–H and O–H groups in total. The quantitative estimate of drug-likeness (QED) is 0.217. The molecule has 3 aromatic carbocycles. The zero-order valence-corrected chi connectivity index (χ0v) is 28.7. The Kier molecular flexibility index (Phi) is 11.5. The standard InChI is InChI=1S/C36H44N4O8/c1-9-19(2)32(36(44)40-27-16-22(35(43)37-4)11-15-29(27)45-5)39-26-14-12-23-24(18-28(26)42)25(38-20(3)41)13-10-21-17-30(46-6)33(47-7)34(48-8)31(21)23/h11-12,14-19,25,32H,9-10,13H2,1-8H3,(H,37,43)(H,38,41)(H,39,42)(H,40,44). The van der Waals surface area contributed by atoms with Crippen LogP contribution < -0.4 is 45.6 Å². The Hall–Kier alpha value is -5.26. The number of benzene rings is 2. The fraction of sp³-hybridized carbons (Fsp3) is 0.389. The van der Waals surface area contributed by atoms with Crippen LogP contribution in [0.1, 0.15) is 61.1 Å². The third-order valence-corrected chi connectivity index (χ3v) is 8.67. The van der Waals surface area contributed by atoms with Crippen LogP contribution in [0.4, 0.5) is 11.4 Å². The number of hydrogen-bond acceptors (Lipinski definition) is 9. The van der Waals surface area contributed by atoms with Gasteiger partial charge >= 0.3 is 0 Å². The van der Waals surface area contributed by atoms with Crippen molar-refractivity contribution in [3.05, 3.63) is 69.4 Å². The van der Waals surface area contributed by atoms with Crippen LogP contribution in [0.3, 0.4) is 0 Å². The molecule has 256 valence electrons. The molecule has 0 fully saturated rings. The van der Waals surface area contributed by atoms with Gasteiger partial charge in [0.1, 0.15) is 11.8 Å². The van der Waals surface area contributed by atoms with Crippen molar-refractivity contribution in [2.24, 2.45) is 5.92 Å². The number of methoxy groups -OCH3 is 4. The molecular weight excluding hydrogens is 616 g/mol. The largest absolute Gasteiger partial charge is 0.495 e. The summed E-state index contributed by atoms with van der Waals surface area (Å²) in [6.45, 7) is 5.30. The van der Waals surface area contributed by atoms with Crippen LogP contribution in [-0.4, -0.2) is 59.3 Å². The summed E-state index contributed by atoms with van der Waals surface area (Å²) in [4.78, 5) is 52.4. The summed E-state index contributed by atoms with van der Waals surface area (Å²) in [7, 11) is 7.61. The Morgan fingerprint density at radius 1 is 0.896 bits per heavy atom. The van der Waals surface area contributed by atoms with Gasteiger partial charge in [-0.25, -0.2) is 0 Å². The molecule has 0 spiro atoms. The van der Waals surface area contributed by atoms with Crippen molar-refractivity contribution in [2.75, 3.05) is 46.1 Å². The zero-order chi connectivity index (χ0) is 35.1. The number of nitrogens with one attached hydrogen (secondary N) is 4. The molecule has 3 amide bonds. The number of fused-ring (bicyclic) bond motifs is 3. The lowest BCUT2D eigenvalue weighted by Crippen LogP contribution is -2.40. The van der Waals surface area contributed by atoms with Crippen molar-refractivity contribution in [3.63, 3.8) is 0 Å². The van der Waals surface area contributed by atoms with Gasteiger partial charge in [0.05, 0.1) is 45.9 Å². The number of hydrogen-bond donors (Lipinski definition) is 4. The van der Waals surface area contributed by atoms with Crippen LogP contribution in [0.15, 0.2) is 47.3 Å². The normalized spacial score (nSPS) is 14.5. The fourth-order valence-electron chi connectivity index (χ4n) is 6.00. The molecule has 3 unspecified atom stereocenters. The molecule has 12 nitrogen and oxygen atoms in total. The van der Waals surface area contributed by atoms with E-state index in [2.05, 4.69) is 21.3 Å². The maximum Gasteiger partial charge on any atom is 0.251 e. The minimum atomic E-state index is -0.837. The average molecular weight is 661 g/mol. The number of carbonyl (C=O) groups is 3. The zero-order valence-electron chi connectivity index (χ0n) is 28.7. The summed E-state index contributed by atoms with van der Waals surface area (Å²) < 4.78 is 22.6. The number of ether oxygens (including phenoxy) is 4. The van der Waals surface area contributed by atoms with Gasteiger partial charge in [0.2, 0.25) is 23.0 Å². The van der Waals surface area contributed by atoms with E-state index in [1.807, 2.05) is 19.9 Å². The third kappa shape index (κ3) is 7.32. The number of aryl methyl sites for hydroxylation is 1. The Labute approximate surface area is 280 Å². The van der Waals surface area contributed by atoms with E-state index in [1.54, 1.807) is 31.4 Å². The van der Waals surface area contributed by atoms with Crippen molar-refractivity contribution < 1.29 is 33.3 Å². The van der Waals surface area contributed by atoms with Gasteiger partial charge in [0, 0.05) is 25.1 Å². The lowest BCUT2D eigenvalue weighted by molar-refractivity contribution is -0.120. The Morgan fingerprint density at radius 2 is 1.60 bits per heavy atom. The molecule has 3 atom stereocenters. The first kappa shape index (κ1) is 35.6. The van der Waals surface area contributed by atoms with Crippen molar-refractivity contribution >= 4 is 29.1 Å². The van der Waals surface area contributed by atoms with Crippen molar-refractivity contribution in [1.29, 1.82) is 0 Å². The van der Waals surface area contributed by atoms with Crippen LogP contribution in [-0.2, 0) is 16.0 Å². The lowest BCUT2D eigenvalue weighted by atomic mass is 9.95. The average Bonchev–Trinajstić information content (AvgIpc) is 3.33. The topological polar surface area (TPSA) is 153 Å². The minimum absolute atomic E-state index is 0.192. The smallest absolute Gasteiger partial charge is 0.251 e. The summed E-state index contributed by atoms with van der Waals surface area (Å²) in [5.41, 5.74) is 3.39. The highest BCUT2D eigenvalue weighted by Gasteiger charge is 2.31. The van der Waals surface area contributed by atoms with Crippen LogP contribution in [0.25, 0.3) is 11.1 Å². The predicted octanol–water partition coefficient (Wildman–Crippen LogP) is 4.70. The van der Waals surface area contributed by atoms with E-state index in [9.17, 15) is 19.2 Å². The summed E-state index contributed by atoms with van der Waals surface area (Å²) in [5.74, 6) is 0.551. The molecule has 0 aromatic heterocycles. The molecular formula is C36H44N4O8. The molecule has 12 heteroatoms. The molecule has 3 aromatic rings. The molecule has 0 saturated heterocycles. The maximum atomic E-state index is 14.0. The van der Waals surface area contributed by atoms with Crippen LogP contribution in [0.2, 0.25) is 0 Å². The van der Waals surface area contributed by atoms with Crippen LogP contribution >= 0.6 is 0 Å². The second-order valence-electron chi connectivity index (χ2n) is 11.6. The van der Waals surface area contributed by atoms with Gasteiger partial charge in [0.15, 0.2) is 11.5 Å². The summed E-state index contributed by atoms with van der Waals surface area (Å²) in [6, 6.07) is 10.3. The van der Waals surface area contributed by atoms with Gasteiger partial charge in [-0.1, -0.05) is 26.3 Å². The molecule has 1 aliphatic carbocycles. The van der Waals surface area contributed by atoms with Crippen LogP contribution in [0.5, 0.6) is 23.0 Å². The summed E-state index contributed by atoms with van der Waals surface area (Å²) in [6.07, 6.45) is 1.70. The monoisotopic (exact) mass is 660 g/mol. The highest BCUT2D eigenvalue weighted by molar-refractivity contribution is 6.01. The van der Waals surface area contributed by atoms with E-state index in [4.69, 9.17) is 18.9 Å². The predicted molar refractivity (Wildman–Crippen MR) is 185 cm³/mol. The van der Waals surface area contributed by atoms with Gasteiger partial charge < -0.3 is 40.2 Å². The van der Waals surface area contributed by atoms with Gasteiger partial charge in [-0.15, -0.1) is 0 Å². The summed E-state index contributed by atoms with van der Waals surface area (Å²) in [5, 5.41) is 11.7. The first-order valence-corrected chi connectivity index (χ1v) is 15.8. The van der Waals surface area contributed by atoms with Crippen molar-refractivity contribution in [2.45, 2.75) is 52.1 Å². The third-order valence-electron chi connectivity index (χ3n) is 8.67. The molecule has 0 aliphatic heterocycles. The lowest BCUT2D eigenvalue weighted by Gasteiger charge is -2.24. The van der Waals surface area contributed by atoms with Gasteiger partial charge in [0.25, 0.3) is 5.91 Å². The second-order valence-corrected chi connectivity index (χ2v) is 11.6. The number of carbonyl (C=O) groups excluding carboxylic acids is 3. The number of amides is 3. The Morgan fingerprint density at radius 3 is 2.21 bits per heavy atom. The molecule has 0 bridgehead atoms. The van der Waals surface area contributed by atoms with E-state index in [0.717, 1.165) is 11.1 Å². The van der Waals surface area contributed by atoms with Gasteiger partial charge in [-0.3, -0.25) is 19.2 Å². The molecule has 0 radical (unpaired) electrons. The first-order chi connectivity index (χ1) is 23.0. The molecule has 4 rings (SSSR count). The van der Waals surface area contributed by atoms with Crippen molar-refractivity contribution in [3.8, 4) is 34.1 Å². The van der Waals surface area contributed by atoms with Crippen molar-refractivity contribution in [1.82, 2.24) is 10.6 Å². The second kappa shape index (κ2) is 15.6. The van der Waals surface area contributed by atoms with E-state index in [0.29, 0.717) is 64.6 Å². The van der Waals surface area contributed by atoms with E-state index in [1.165, 1.54) is 47.4 Å². The Balaban J connectivity index is 1.84. The van der Waals surface area contributed by atoms with E-state index < -0.39 is 18.0 Å². The van der Waals surface area contributed by atoms with Gasteiger partial charge in [-0.2, -0.15) is 0 Å². The van der Waals surface area contributed by atoms with Gasteiger partial charge in [-0.05, 0) is 71.8 Å². The number of anilines is 2. The minimum Gasteiger partial charge on any atom is -0.495 e. The van der Waals surface area contributed by atoms with Crippen LogP contribution in [0, 0.1) is 5.92 Å². The first-order valence-electron chi connectivity index (χ1n) is 15.8.